The normalized spacial score (nSPS) is 22.4. The van der Waals surface area contributed by atoms with Crippen molar-refractivity contribution >= 4 is 11.9 Å². The topological polar surface area (TPSA) is 71.1 Å². The fraction of sp³-hybridized carbons (Fsp3) is 0.429. The Bertz CT molecular complexity index is 1040. The quantitative estimate of drug-likeness (QED) is 0.385. The van der Waals surface area contributed by atoms with Crippen LogP contribution in [-0.4, -0.2) is 23.6 Å². The van der Waals surface area contributed by atoms with Gasteiger partial charge in [-0.15, -0.1) is 0 Å². The van der Waals surface area contributed by atoms with Gasteiger partial charge in [-0.05, 0) is 95.9 Å². The Labute approximate surface area is 202 Å². The molecule has 1 aliphatic carbocycles. The minimum Gasteiger partial charge on any atom is -0.292 e. The van der Waals surface area contributed by atoms with E-state index in [1.807, 2.05) is 65.8 Å². The maximum atomic E-state index is 12.8. The molecule has 0 aliphatic heterocycles. The van der Waals surface area contributed by atoms with Crippen LogP contribution in [0, 0.1) is 61.3 Å². The summed E-state index contributed by atoms with van der Waals surface area (Å²) in [7, 11) is 0. The number of carbonyl (C=O) groups is 2. The average molecular weight is 467 g/mol. The van der Waals surface area contributed by atoms with Gasteiger partial charge >= 0.3 is 11.9 Å². The highest BCUT2D eigenvalue weighted by Gasteiger charge is 2.45. The van der Waals surface area contributed by atoms with Crippen LogP contribution in [0.25, 0.3) is 0 Å². The van der Waals surface area contributed by atoms with Crippen molar-refractivity contribution in [2.45, 2.75) is 72.5 Å². The molecule has 3 unspecified atom stereocenters. The Morgan fingerprint density at radius 2 is 1.26 bits per heavy atom. The monoisotopic (exact) mass is 466 g/mol. The number of hydrogen-bond donors (Lipinski definition) is 0. The largest absolute Gasteiger partial charge is 0.373 e. The Morgan fingerprint density at radius 1 is 0.824 bits per heavy atom. The summed E-state index contributed by atoms with van der Waals surface area (Å²) in [5.74, 6) is -1.13. The summed E-state index contributed by atoms with van der Waals surface area (Å²) in [5.41, 5.74) is 5.00. The van der Waals surface area contributed by atoms with Gasteiger partial charge in [-0.1, -0.05) is 42.3 Å². The Balaban J connectivity index is 1.71. The van der Waals surface area contributed by atoms with Crippen molar-refractivity contribution < 1.29 is 29.1 Å². The van der Waals surface area contributed by atoms with E-state index in [9.17, 15) is 9.59 Å². The molecule has 6 heteroatoms. The van der Waals surface area contributed by atoms with Gasteiger partial charge in [0.1, 0.15) is 11.7 Å². The van der Waals surface area contributed by atoms with E-state index in [0.29, 0.717) is 30.4 Å². The Morgan fingerprint density at radius 3 is 1.74 bits per heavy atom. The van der Waals surface area contributed by atoms with Crippen LogP contribution >= 0.6 is 0 Å². The smallest absolute Gasteiger partial charge is 0.292 e. The second-order valence-electron chi connectivity index (χ2n) is 9.66. The first-order valence-corrected chi connectivity index (χ1v) is 11.5. The average Bonchev–Trinajstić information content (AvgIpc) is 2.71. The van der Waals surface area contributed by atoms with E-state index in [2.05, 4.69) is 13.8 Å². The molecule has 2 aromatic rings. The van der Waals surface area contributed by atoms with Crippen molar-refractivity contribution in [2.75, 3.05) is 0 Å². The molecule has 6 nitrogen and oxygen atoms in total. The van der Waals surface area contributed by atoms with Gasteiger partial charge in [0.25, 0.3) is 0 Å². The van der Waals surface area contributed by atoms with Crippen molar-refractivity contribution in [3.8, 4) is 0 Å². The van der Waals surface area contributed by atoms with E-state index in [1.54, 1.807) is 0 Å². The highest BCUT2D eigenvalue weighted by atomic mass is 17.2. The number of aryl methyl sites for hydroxylation is 6. The molecule has 0 N–H and O–H groups in total. The van der Waals surface area contributed by atoms with Crippen molar-refractivity contribution in [1.29, 1.82) is 0 Å². The molecule has 0 heterocycles. The van der Waals surface area contributed by atoms with Crippen LogP contribution in [0.2, 0.25) is 0 Å². The molecule has 2 aromatic carbocycles. The van der Waals surface area contributed by atoms with E-state index < -0.39 is 23.6 Å². The molecule has 182 valence electrons. The molecule has 3 atom stereocenters. The van der Waals surface area contributed by atoms with Crippen LogP contribution in [0.5, 0.6) is 0 Å². The third kappa shape index (κ3) is 5.68. The second-order valence-corrected chi connectivity index (χ2v) is 9.66. The summed E-state index contributed by atoms with van der Waals surface area (Å²) in [4.78, 5) is 47.2. The van der Waals surface area contributed by atoms with Gasteiger partial charge in [0, 0.05) is 0 Å². The molecule has 1 aliphatic rings. The predicted molar refractivity (Wildman–Crippen MR) is 129 cm³/mol. The fourth-order valence-electron chi connectivity index (χ4n) is 4.78. The summed E-state index contributed by atoms with van der Waals surface area (Å²) < 4.78 is 0. The molecule has 0 aromatic heterocycles. The Hall–Kier alpha value is -2.70. The number of benzene rings is 2. The van der Waals surface area contributed by atoms with Crippen LogP contribution in [0.1, 0.15) is 73.4 Å². The van der Waals surface area contributed by atoms with E-state index in [0.717, 1.165) is 33.4 Å². The maximum absolute atomic E-state index is 12.8. The molecule has 1 saturated carbocycles. The first-order valence-electron chi connectivity index (χ1n) is 11.5. The number of carbonyl (C=O) groups excluding carboxylic acids is 2. The summed E-state index contributed by atoms with van der Waals surface area (Å²) in [6, 6.07) is 7.66. The van der Waals surface area contributed by atoms with Crippen LogP contribution in [0.4, 0.5) is 0 Å². The van der Waals surface area contributed by atoms with Crippen LogP contribution < -0.4 is 0 Å². The predicted octanol–water partition coefficient (Wildman–Crippen LogP) is 5.99. The lowest BCUT2D eigenvalue weighted by molar-refractivity contribution is -0.380. The maximum Gasteiger partial charge on any atom is 0.373 e. The standard InChI is InChI=1S/C28H34O6/c1-16-9-10-28(8,34-33-27(30)25-21(6)13-18(3)14-22(25)7)23(15-16)31-32-26(29)24-19(4)11-17(2)12-20(24)5/h11-14,16,23H,1,8-10,15H2,2-7H3. The van der Waals surface area contributed by atoms with Gasteiger partial charge < -0.3 is 0 Å². The van der Waals surface area contributed by atoms with Gasteiger partial charge in [0.2, 0.25) is 0 Å². The zero-order chi connectivity index (χ0) is 25.2. The van der Waals surface area contributed by atoms with Crippen molar-refractivity contribution in [1.82, 2.24) is 0 Å². The summed E-state index contributed by atoms with van der Waals surface area (Å²) in [5, 5.41) is 0. The Kier molecular flexibility index (Phi) is 7.84. The first kappa shape index (κ1) is 25.9. The van der Waals surface area contributed by atoms with Gasteiger partial charge in [-0.2, -0.15) is 9.78 Å². The summed E-state index contributed by atoms with van der Waals surface area (Å²) >= 11 is 0. The fourth-order valence-corrected chi connectivity index (χ4v) is 4.78. The van der Waals surface area contributed by atoms with Crippen molar-refractivity contribution in [2.24, 2.45) is 5.92 Å². The molecule has 0 saturated heterocycles. The van der Waals surface area contributed by atoms with Gasteiger partial charge in [0.15, 0.2) is 0 Å². The molecule has 0 bridgehead atoms. The van der Waals surface area contributed by atoms with Gasteiger partial charge in [0.05, 0.1) is 11.1 Å². The first-order chi connectivity index (χ1) is 15.9. The van der Waals surface area contributed by atoms with E-state index in [4.69, 9.17) is 19.6 Å². The zero-order valence-corrected chi connectivity index (χ0v) is 20.9. The van der Waals surface area contributed by atoms with Crippen LogP contribution in [0.15, 0.2) is 24.3 Å². The SMILES string of the molecule is [CH2]C1CCC([CH2])(OOC(=O)c2c(C)cc(C)cc2C)C(OOC(=O)c2c(C)cc(C)cc2C)C1. The van der Waals surface area contributed by atoms with Gasteiger partial charge in [-0.3, -0.25) is 9.78 Å². The minimum atomic E-state index is -1.24. The van der Waals surface area contributed by atoms with Gasteiger partial charge in [-0.25, -0.2) is 9.59 Å². The summed E-state index contributed by atoms with van der Waals surface area (Å²) in [6.07, 6.45) is 0.799. The van der Waals surface area contributed by atoms with Crippen molar-refractivity contribution in [3.63, 3.8) is 0 Å². The molecule has 34 heavy (non-hydrogen) atoms. The molecule has 3 rings (SSSR count). The lowest BCUT2D eigenvalue weighted by Gasteiger charge is -2.39. The molecular formula is C28H34O6. The zero-order valence-electron chi connectivity index (χ0n) is 20.9. The summed E-state index contributed by atoms with van der Waals surface area (Å²) in [6.45, 7) is 19.6. The third-order valence-electron chi connectivity index (χ3n) is 6.40. The number of rotatable bonds is 6. The second kappa shape index (κ2) is 10.3. The molecular weight excluding hydrogens is 432 g/mol. The lowest BCUT2D eigenvalue weighted by Crippen LogP contribution is -2.49. The third-order valence-corrected chi connectivity index (χ3v) is 6.40. The van der Waals surface area contributed by atoms with Crippen LogP contribution in [-0.2, 0) is 19.6 Å². The number of hydrogen-bond acceptors (Lipinski definition) is 6. The minimum absolute atomic E-state index is 0.0577. The van der Waals surface area contributed by atoms with Crippen LogP contribution in [0.3, 0.4) is 0 Å². The highest BCUT2D eigenvalue weighted by molar-refractivity contribution is 5.93. The lowest BCUT2D eigenvalue weighted by atomic mass is 9.78. The van der Waals surface area contributed by atoms with E-state index >= 15 is 0 Å². The molecule has 0 spiro atoms. The molecule has 2 radical (unpaired) electrons. The highest BCUT2D eigenvalue weighted by Crippen LogP contribution is 2.37. The van der Waals surface area contributed by atoms with E-state index in [1.165, 1.54) is 0 Å². The molecule has 1 fully saturated rings. The van der Waals surface area contributed by atoms with E-state index in [-0.39, 0.29) is 5.92 Å². The van der Waals surface area contributed by atoms with Crippen molar-refractivity contribution in [3.05, 3.63) is 82.6 Å². The molecule has 0 amide bonds.